The number of nitrogens with two attached hydrogens (primary N) is 4. The van der Waals surface area contributed by atoms with E-state index in [2.05, 4.69) is 13.8 Å². The second kappa shape index (κ2) is 8.67. The topological polar surface area (TPSA) is 123 Å². The second-order valence-corrected chi connectivity index (χ2v) is 8.34. The third kappa shape index (κ3) is 4.23. The lowest BCUT2D eigenvalue weighted by atomic mass is 9.77. The first-order valence-corrected chi connectivity index (χ1v) is 10.6. The normalized spacial score (nSPS) is 11.2. The van der Waals surface area contributed by atoms with Crippen LogP contribution in [0, 0.1) is 0 Å². The number of nitrogen functional groups attached to an aromatic ring is 4. The number of benzene rings is 4. The van der Waals surface area contributed by atoms with E-state index in [0.29, 0.717) is 45.7 Å². The Hall–Kier alpha value is -4.32. The van der Waals surface area contributed by atoms with E-state index in [-0.39, 0.29) is 0 Å². The van der Waals surface area contributed by atoms with E-state index in [1.165, 1.54) is 0 Å². The largest absolute Gasteiger partial charge is 0.455 e. The molecule has 0 spiro atoms. The molecule has 8 N–H and O–H groups in total. The van der Waals surface area contributed by atoms with Gasteiger partial charge in [0.2, 0.25) is 0 Å². The summed E-state index contributed by atoms with van der Waals surface area (Å²) in [6, 6.07) is 26.4. The van der Waals surface area contributed by atoms with Crippen molar-refractivity contribution < 1.29 is 9.47 Å². The Bertz CT molecular complexity index is 1200. The number of ether oxygens (including phenoxy) is 2. The van der Waals surface area contributed by atoms with E-state index in [1.54, 1.807) is 24.3 Å². The lowest BCUT2D eigenvalue weighted by Crippen LogP contribution is -2.20. The fraction of sp³-hybridized carbons (Fsp3) is 0.111. The Labute approximate surface area is 193 Å². The molecule has 6 nitrogen and oxygen atoms in total. The third-order valence-corrected chi connectivity index (χ3v) is 5.76. The van der Waals surface area contributed by atoms with Crippen molar-refractivity contribution in [1.82, 2.24) is 0 Å². The average Bonchev–Trinajstić information content (AvgIpc) is 2.80. The molecule has 0 fully saturated rings. The number of hydrogen-bond acceptors (Lipinski definition) is 6. The van der Waals surface area contributed by atoms with Gasteiger partial charge in [0, 0.05) is 16.5 Å². The quantitative estimate of drug-likeness (QED) is 0.276. The maximum Gasteiger partial charge on any atom is 0.152 e. The predicted octanol–water partition coefficient (Wildman–Crippen LogP) is 5.93. The zero-order valence-electron chi connectivity index (χ0n) is 18.7. The molecule has 0 radical (unpaired) electrons. The summed E-state index contributed by atoms with van der Waals surface area (Å²) in [5.41, 5.74) is 27.4. The van der Waals surface area contributed by atoms with Gasteiger partial charge < -0.3 is 32.4 Å². The molecule has 0 aliphatic heterocycles. The molecule has 0 aliphatic rings. The van der Waals surface area contributed by atoms with Crippen molar-refractivity contribution in [2.45, 2.75) is 19.3 Å². The van der Waals surface area contributed by atoms with Crippen molar-refractivity contribution in [3.8, 4) is 23.0 Å². The standard InChI is InChI=1S/C27H28N4O2/c1-27(2,17-9-3-5-13-21(17)32-23-15-7-11-19(28)25(23)30)18-10-4-6-14-22(18)33-24-16-8-12-20(29)26(24)31/h3-16H,28-31H2,1-2H3. The summed E-state index contributed by atoms with van der Waals surface area (Å²) in [6.45, 7) is 4.23. The third-order valence-electron chi connectivity index (χ3n) is 5.76. The highest BCUT2D eigenvalue weighted by Crippen LogP contribution is 2.44. The number of rotatable bonds is 6. The predicted molar refractivity (Wildman–Crippen MR) is 136 cm³/mol. The van der Waals surface area contributed by atoms with Gasteiger partial charge in [0.05, 0.1) is 22.7 Å². The average molecular weight is 441 g/mol. The summed E-state index contributed by atoms with van der Waals surface area (Å²) in [4.78, 5) is 0. The molecule has 0 atom stereocenters. The molecular weight excluding hydrogens is 412 g/mol. The summed E-state index contributed by atoms with van der Waals surface area (Å²) in [5, 5.41) is 0. The van der Waals surface area contributed by atoms with E-state index in [4.69, 9.17) is 32.4 Å². The molecule has 33 heavy (non-hydrogen) atoms. The highest BCUT2D eigenvalue weighted by Gasteiger charge is 2.30. The van der Waals surface area contributed by atoms with Crippen LogP contribution in [-0.4, -0.2) is 0 Å². The molecule has 0 saturated carbocycles. The molecule has 6 heteroatoms. The van der Waals surface area contributed by atoms with Crippen molar-refractivity contribution in [3.05, 3.63) is 96.1 Å². The van der Waals surface area contributed by atoms with Crippen LogP contribution in [-0.2, 0) is 5.41 Å². The van der Waals surface area contributed by atoms with Gasteiger partial charge in [-0.05, 0) is 36.4 Å². The Morgan fingerprint density at radius 1 is 0.485 bits per heavy atom. The van der Waals surface area contributed by atoms with Crippen LogP contribution in [0.3, 0.4) is 0 Å². The van der Waals surface area contributed by atoms with Gasteiger partial charge in [-0.25, -0.2) is 0 Å². The Kier molecular flexibility index (Phi) is 5.75. The van der Waals surface area contributed by atoms with Crippen LogP contribution in [0.15, 0.2) is 84.9 Å². The molecule has 0 aliphatic carbocycles. The van der Waals surface area contributed by atoms with Gasteiger partial charge >= 0.3 is 0 Å². The van der Waals surface area contributed by atoms with E-state index in [9.17, 15) is 0 Å². The fourth-order valence-electron chi connectivity index (χ4n) is 3.83. The SMILES string of the molecule is CC(C)(c1ccccc1Oc1cccc(N)c1N)c1ccccc1Oc1cccc(N)c1N. The highest BCUT2D eigenvalue weighted by molar-refractivity contribution is 5.72. The van der Waals surface area contributed by atoms with Crippen LogP contribution in [0.1, 0.15) is 25.0 Å². The van der Waals surface area contributed by atoms with Crippen LogP contribution < -0.4 is 32.4 Å². The van der Waals surface area contributed by atoms with Gasteiger partial charge in [-0.2, -0.15) is 0 Å². The molecule has 0 unspecified atom stereocenters. The molecule has 4 aromatic carbocycles. The molecule has 0 saturated heterocycles. The summed E-state index contributed by atoms with van der Waals surface area (Å²) in [6.07, 6.45) is 0. The van der Waals surface area contributed by atoms with Gasteiger partial charge in [0.1, 0.15) is 11.5 Å². The molecular formula is C27H28N4O2. The number of anilines is 4. The summed E-state index contributed by atoms with van der Waals surface area (Å²) in [5.74, 6) is 2.38. The van der Waals surface area contributed by atoms with Gasteiger partial charge in [0.25, 0.3) is 0 Å². The minimum absolute atomic E-state index is 0.408. The van der Waals surface area contributed by atoms with E-state index in [0.717, 1.165) is 11.1 Å². The molecule has 0 aromatic heterocycles. The maximum absolute atomic E-state index is 6.24. The van der Waals surface area contributed by atoms with Crippen molar-refractivity contribution in [3.63, 3.8) is 0 Å². The van der Waals surface area contributed by atoms with E-state index in [1.807, 2.05) is 60.7 Å². The smallest absolute Gasteiger partial charge is 0.152 e. The van der Waals surface area contributed by atoms with Crippen LogP contribution in [0.2, 0.25) is 0 Å². The van der Waals surface area contributed by atoms with Crippen molar-refractivity contribution in [1.29, 1.82) is 0 Å². The van der Waals surface area contributed by atoms with Crippen LogP contribution in [0.4, 0.5) is 22.7 Å². The molecule has 0 heterocycles. The van der Waals surface area contributed by atoms with Gasteiger partial charge in [-0.1, -0.05) is 62.4 Å². The van der Waals surface area contributed by atoms with E-state index >= 15 is 0 Å². The van der Waals surface area contributed by atoms with Crippen LogP contribution in [0.5, 0.6) is 23.0 Å². The number of hydrogen-bond donors (Lipinski definition) is 4. The molecule has 4 rings (SSSR count). The Morgan fingerprint density at radius 3 is 1.27 bits per heavy atom. The monoisotopic (exact) mass is 440 g/mol. The summed E-state index contributed by atoms with van der Waals surface area (Å²) in [7, 11) is 0. The lowest BCUT2D eigenvalue weighted by molar-refractivity contribution is 0.447. The molecule has 0 amide bonds. The van der Waals surface area contributed by atoms with Crippen molar-refractivity contribution in [2.75, 3.05) is 22.9 Å². The highest BCUT2D eigenvalue weighted by atomic mass is 16.5. The first-order valence-electron chi connectivity index (χ1n) is 10.6. The van der Waals surface area contributed by atoms with Gasteiger partial charge in [-0.3, -0.25) is 0 Å². The zero-order valence-corrected chi connectivity index (χ0v) is 18.7. The lowest BCUT2D eigenvalue weighted by Gasteiger charge is -2.30. The fourth-order valence-corrected chi connectivity index (χ4v) is 3.83. The molecule has 168 valence electrons. The second-order valence-electron chi connectivity index (χ2n) is 8.34. The van der Waals surface area contributed by atoms with Crippen LogP contribution >= 0.6 is 0 Å². The first-order chi connectivity index (χ1) is 15.8. The Balaban J connectivity index is 1.76. The summed E-state index contributed by atoms with van der Waals surface area (Å²) < 4.78 is 12.5. The number of para-hydroxylation sites is 4. The minimum Gasteiger partial charge on any atom is -0.455 e. The van der Waals surface area contributed by atoms with Crippen molar-refractivity contribution >= 4 is 22.7 Å². The maximum atomic E-state index is 6.24. The van der Waals surface area contributed by atoms with Gasteiger partial charge in [0.15, 0.2) is 11.5 Å². The molecule has 4 aromatic rings. The molecule has 0 bridgehead atoms. The van der Waals surface area contributed by atoms with E-state index < -0.39 is 5.41 Å². The Morgan fingerprint density at radius 2 is 0.848 bits per heavy atom. The van der Waals surface area contributed by atoms with Crippen molar-refractivity contribution in [2.24, 2.45) is 0 Å². The zero-order chi connectivity index (χ0) is 23.6. The van der Waals surface area contributed by atoms with Gasteiger partial charge in [-0.15, -0.1) is 0 Å². The minimum atomic E-state index is -0.489. The van der Waals surface area contributed by atoms with Crippen LogP contribution in [0.25, 0.3) is 0 Å². The summed E-state index contributed by atoms with van der Waals surface area (Å²) >= 11 is 0. The first kappa shape index (κ1) is 21.9.